The molecule has 3 aliphatic heterocycles. The van der Waals surface area contributed by atoms with E-state index in [-0.39, 0.29) is 18.5 Å². The van der Waals surface area contributed by atoms with Crippen molar-refractivity contribution in [2.75, 3.05) is 19.6 Å². The summed E-state index contributed by atoms with van der Waals surface area (Å²) in [5.74, 6) is -1.44. The first-order valence-electron chi connectivity index (χ1n) is 13.8. The third-order valence-corrected chi connectivity index (χ3v) is 8.52. The molecular formula is C28H40F2N6O. The molecule has 0 spiro atoms. The molecule has 0 radical (unpaired) electrons. The number of piperidine rings is 2. The zero-order valence-electron chi connectivity index (χ0n) is 22.2. The maximum absolute atomic E-state index is 13.9. The molecule has 3 saturated heterocycles. The van der Waals surface area contributed by atoms with E-state index in [1.807, 2.05) is 30.3 Å². The maximum atomic E-state index is 13.9. The predicted octanol–water partition coefficient (Wildman–Crippen LogP) is 4.37. The third kappa shape index (κ3) is 5.72. The summed E-state index contributed by atoms with van der Waals surface area (Å²) in [7, 11) is 0. The Morgan fingerprint density at radius 1 is 1.14 bits per heavy atom. The standard InChI is InChI=1S/C28H40F2N6O/c1-18(2)26-34-33-19(3)36(26)24-13-22-9-10-23(14-24)35(22)12-11-25(20-7-5-4-6-8-20)32-27(37)21-15-28(29,30)17-31-16-21/h4-8,18,21-25,31H,9-17H2,1-3H3,(H,32,37)/t21?,22-,23+,24?,25-/m0/s1. The number of aromatic nitrogens is 3. The lowest BCUT2D eigenvalue weighted by Gasteiger charge is -2.40. The fourth-order valence-corrected chi connectivity index (χ4v) is 6.75. The number of fused-ring (bicyclic) bond motifs is 2. The van der Waals surface area contributed by atoms with Crippen molar-refractivity contribution in [3.8, 4) is 0 Å². The van der Waals surface area contributed by atoms with Gasteiger partial charge in [-0.25, -0.2) is 8.78 Å². The van der Waals surface area contributed by atoms with E-state index in [0.717, 1.165) is 43.0 Å². The molecule has 9 heteroatoms. The molecule has 1 aromatic carbocycles. The van der Waals surface area contributed by atoms with Crippen LogP contribution in [-0.2, 0) is 4.79 Å². The molecule has 2 unspecified atom stereocenters. The van der Waals surface area contributed by atoms with Gasteiger partial charge in [0.2, 0.25) is 5.91 Å². The van der Waals surface area contributed by atoms with Crippen LogP contribution in [0.25, 0.3) is 0 Å². The normalized spacial score (nSPS) is 28.4. The molecule has 1 amide bonds. The van der Waals surface area contributed by atoms with Crippen molar-refractivity contribution in [3.05, 3.63) is 47.5 Å². The monoisotopic (exact) mass is 514 g/mol. The van der Waals surface area contributed by atoms with Crippen molar-refractivity contribution in [1.29, 1.82) is 0 Å². The van der Waals surface area contributed by atoms with E-state index in [1.54, 1.807) is 0 Å². The molecule has 3 aliphatic rings. The summed E-state index contributed by atoms with van der Waals surface area (Å²) in [6, 6.07) is 11.1. The Morgan fingerprint density at radius 2 is 1.84 bits per heavy atom. The fraction of sp³-hybridized carbons (Fsp3) is 0.679. The molecule has 3 fully saturated rings. The minimum atomic E-state index is -2.84. The lowest BCUT2D eigenvalue weighted by molar-refractivity contribution is -0.131. The SMILES string of the molecule is Cc1nnc(C(C)C)n1C1C[C@H]2CC[C@@H](C1)N2CC[C@H](NC(=O)C1CNCC(F)(F)C1)c1ccccc1. The van der Waals surface area contributed by atoms with Crippen LogP contribution in [0.4, 0.5) is 8.78 Å². The number of hydrogen-bond acceptors (Lipinski definition) is 5. The largest absolute Gasteiger partial charge is 0.349 e. The van der Waals surface area contributed by atoms with Crippen LogP contribution in [0.1, 0.15) is 87.6 Å². The Morgan fingerprint density at radius 3 is 2.49 bits per heavy atom. The second kappa shape index (κ2) is 10.8. The van der Waals surface area contributed by atoms with Gasteiger partial charge in [0.25, 0.3) is 5.92 Å². The van der Waals surface area contributed by atoms with Crippen LogP contribution in [0, 0.1) is 12.8 Å². The molecule has 37 heavy (non-hydrogen) atoms. The molecule has 5 rings (SSSR count). The molecule has 1 aromatic heterocycles. The van der Waals surface area contributed by atoms with E-state index < -0.39 is 18.3 Å². The number of aryl methyl sites for hydroxylation is 1. The van der Waals surface area contributed by atoms with Crippen molar-refractivity contribution < 1.29 is 13.6 Å². The number of rotatable bonds is 8. The van der Waals surface area contributed by atoms with Gasteiger partial charge in [-0.3, -0.25) is 9.69 Å². The second-order valence-electron chi connectivity index (χ2n) is 11.5. The van der Waals surface area contributed by atoms with E-state index in [1.165, 1.54) is 12.8 Å². The van der Waals surface area contributed by atoms with Crippen LogP contribution in [0.2, 0.25) is 0 Å². The van der Waals surface area contributed by atoms with E-state index in [4.69, 9.17) is 0 Å². The van der Waals surface area contributed by atoms with Gasteiger partial charge in [0, 0.05) is 43.6 Å². The van der Waals surface area contributed by atoms with Gasteiger partial charge in [0.15, 0.2) is 0 Å². The van der Waals surface area contributed by atoms with Gasteiger partial charge in [0.1, 0.15) is 11.6 Å². The van der Waals surface area contributed by atoms with E-state index >= 15 is 0 Å². The molecule has 202 valence electrons. The van der Waals surface area contributed by atoms with Crippen LogP contribution >= 0.6 is 0 Å². The topological polar surface area (TPSA) is 75.1 Å². The number of hydrogen-bond donors (Lipinski definition) is 2. The summed E-state index contributed by atoms with van der Waals surface area (Å²) in [4.78, 5) is 15.7. The van der Waals surface area contributed by atoms with Crippen molar-refractivity contribution >= 4 is 5.91 Å². The van der Waals surface area contributed by atoms with Gasteiger partial charge in [-0.15, -0.1) is 10.2 Å². The lowest BCUT2D eigenvalue weighted by atomic mass is 9.93. The second-order valence-corrected chi connectivity index (χ2v) is 11.5. The van der Waals surface area contributed by atoms with E-state index in [0.29, 0.717) is 30.6 Å². The van der Waals surface area contributed by atoms with Crippen LogP contribution in [0.15, 0.2) is 30.3 Å². The molecule has 5 atom stereocenters. The van der Waals surface area contributed by atoms with E-state index in [9.17, 15) is 13.6 Å². The van der Waals surface area contributed by atoms with Crippen LogP contribution in [0.5, 0.6) is 0 Å². The van der Waals surface area contributed by atoms with Gasteiger partial charge in [-0.1, -0.05) is 44.2 Å². The Kier molecular flexibility index (Phi) is 7.63. The first-order valence-corrected chi connectivity index (χ1v) is 13.8. The number of carbonyl (C=O) groups is 1. The molecule has 2 N–H and O–H groups in total. The minimum Gasteiger partial charge on any atom is -0.349 e. The number of benzene rings is 1. The summed E-state index contributed by atoms with van der Waals surface area (Å²) < 4.78 is 30.2. The first kappa shape index (κ1) is 26.2. The number of carbonyl (C=O) groups excluding carboxylic acids is 1. The lowest BCUT2D eigenvalue weighted by Crippen LogP contribution is -2.50. The van der Waals surface area contributed by atoms with Crippen molar-refractivity contribution in [2.24, 2.45) is 5.92 Å². The highest BCUT2D eigenvalue weighted by atomic mass is 19.3. The number of halogens is 2. The summed E-state index contributed by atoms with van der Waals surface area (Å²) in [6.45, 7) is 7.21. The van der Waals surface area contributed by atoms with Crippen LogP contribution in [-0.4, -0.2) is 63.2 Å². The van der Waals surface area contributed by atoms with Crippen molar-refractivity contribution in [3.63, 3.8) is 0 Å². The Balaban J connectivity index is 1.25. The number of nitrogens with zero attached hydrogens (tertiary/aromatic N) is 4. The summed E-state index contributed by atoms with van der Waals surface area (Å²) in [5.41, 5.74) is 1.02. The summed E-state index contributed by atoms with van der Waals surface area (Å²) in [5, 5.41) is 14.7. The quantitative estimate of drug-likeness (QED) is 0.547. The predicted molar refractivity (Wildman–Crippen MR) is 139 cm³/mol. The molecule has 0 saturated carbocycles. The van der Waals surface area contributed by atoms with Gasteiger partial charge >= 0.3 is 0 Å². The van der Waals surface area contributed by atoms with Gasteiger partial charge in [-0.2, -0.15) is 0 Å². The maximum Gasteiger partial charge on any atom is 0.261 e. The van der Waals surface area contributed by atoms with Gasteiger partial charge < -0.3 is 15.2 Å². The molecule has 0 aliphatic carbocycles. The number of amides is 1. The van der Waals surface area contributed by atoms with Crippen molar-refractivity contribution in [2.45, 2.75) is 95.3 Å². The third-order valence-electron chi connectivity index (χ3n) is 8.52. The summed E-state index contributed by atoms with van der Waals surface area (Å²) in [6.07, 6.45) is 4.90. The van der Waals surface area contributed by atoms with Gasteiger partial charge in [-0.05, 0) is 44.6 Å². The molecule has 7 nitrogen and oxygen atoms in total. The van der Waals surface area contributed by atoms with Crippen LogP contribution in [0.3, 0.4) is 0 Å². The minimum absolute atomic E-state index is 0.200. The Bertz CT molecular complexity index is 1060. The van der Waals surface area contributed by atoms with E-state index in [2.05, 4.69) is 51.1 Å². The average Bonchev–Trinajstić information content (AvgIpc) is 3.36. The fourth-order valence-electron chi connectivity index (χ4n) is 6.75. The molecule has 4 heterocycles. The number of nitrogens with one attached hydrogen (secondary N) is 2. The highest BCUT2D eigenvalue weighted by Gasteiger charge is 2.43. The average molecular weight is 515 g/mol. The molecule has 2 aromatic rings. The zero-order valence-corrected chi connectivity index (χ0v) is 22.2. The Hall–Kier alpha value is -2.39. The zero-order chi connectivity index (χ0) is 26.2. The highest BCUT2D eigenvalue weighted by Crippen LogP contribution is 2.42. The Labute approximate surface area is 218 Å². The highest BCUT2D eigenvalue weighted by molar-refractivity contribution is 5.79. The van der Waals surface area contributed by atoms with Crippen LogP contribution < -0.4 is 10.6 Å². The molecular weight excluding hydrogens is 474 g/mol. The summed E-state index contributed by atoms with van der Waals surface area (Å²) >= 11 is 0. The van der Waals surface area contributed by atoms with Crippen molar-refractivity contribution in [1.82, 2.24) is 30.3 Å². The first-order chi connectivity index (χ1) is 17.7. The smallest absolute Gasteiger partial charge is 0.261 e. The molecule has 2 bridgehead atoms. The van der Waals surface area contributed by atoms with Gasteiger partial charge in [0.05, 0.1) is 18.5 Å². The number of alkyl halides is 2.